The van der Waals surface area contributed by atoms with Gasteiger partial charge in [0.05, 0.1) is 28.0 Å². The molecule has 92 valence electrons. The zero-order valence-electron chi connectivity index (χ0n) is 10.2. The molecule has 0 fully saturated rings. The van der Waals surface area contributed by atoms with Crippen LogP contribution in [0.25, 0.3) is 0 Å². The maximum absolute atomic E-state index is 11.9. The van der Waals surface area contributed by atoms with E-state index in [1.807, 2.05) is 39.3 Å². The van der Waals surface area contributed by atoms with Crippen LogP contribution in [0.15, 0.2) is 10.8 Å². The lowest BCUT2D eigenvalue weighted by molar-refractivity contribution is 0.591. The molecule has 0 aromatic carbocycles. The first-order chi connectivity index (χ1) is 7.23. The fraction of sp³-hybridized carbons (Fsp3) is 0.700. The second-order valence-corrected chi connectivity index (χ2v) is 7.53. The van der Waals surface area contributed by atoms with Crippen molar-refractivity contribution < 1.29 is 4.21 Å². The van der Waals surface area contributed by atoms with E-state index in [1.54, 1.807) is 6.20 Å². The number of nitrogens with one attached hydrogen (secondary N) is 1. The van der Waals surface area contributed by atoms with Gasteiger partial charge in [-0.1, -0.05) is 0 Å². The van der Waals surface area contributed by atoms with Gasteiger partial charge in [0.25, 0.3) is 0 Å². The van der Waals surface area contributed by atoms with Crippen molar-refractivity contribution in [2.75, 3.05) is 0 Å². The summed E-state index contributed by atoms with van der Waals surface area (Å²) in [5.41, 5.74) is 0. The highest BCUT2D eigenvalue weighted by Crippen LogP contribution is 2.18. The highest BCUT2D eigenvalue weighted by Gasteiger charge is 2.23. The molecule has 1 rings (SSSR count). The molecule has 1 aromatic heterocycles. The summed E-state index contributed by atoms with van der Waals surface area (Å²) in [6, 6.07) is -0.0450. The zero-order valence-corrected chi connectivity index (χ0v) is 12.6. The van der Waals surface area contributed by atoms with Crippen LogP contribution in [-0.2, 0) is 18.0 Å². The van der Waals surface area contributed by atoms with E-state index in [4.69, 9.17) is 0 Å². The van der Waals surface area contributed by atoms with Gasteiger partial charge in [-0.2, -0.15) is 0 Å². The molecular weight excluding hydrogens is 290 g/mol. The quantitative estimate of drug-likeness (QED) is 0.931. The Bertz CT molecular complexity index is 397. The van der Waals surface area contributed by atoms with Crippen molar-refractivity contribution >= 4 is 26.9 Å². The van der Waals surface area contributed by atoms with E-state index in [2.05, 4.69) is 25.6 Å². The molecule has 0 aliphatic heterocycles. The summed E-state index contributed by atoms with van der Waals surface area (Å²) in [7, 11) is 0.836. The number of imidazole rings is 1. The van der Waals surface area contributed by atoms with E-state index in [9.17, 15) is 4.21 Å². The van der Waals surface area contributed by atoms with Crippen molar-refractivity contribution in [3.63, 3.8) is 0 Å². The lowest BCUT2D eigenvalue weighted by Gasteiger charge is -2.21. The molecule has 0 bridgehead atoms. The minimum absolute atomic E-state index is 0.0450. The molecule has 6 heteroatoms. The summed E-state index contributed by atoms with van der Waals surface area (Å²) in [6.07, 6.45) is 1.74. The van der Waals surface area contributed by atoms with Crippen LogP contribution in [-0.4, -0.2) is 18.5 Å². The maximum Gasteiger partial charge on any atom is 0.127 e. The zero-order chi connectivity index (χ0) is 12.5. The molecule has 1 N–H and O–H groups in total. The highest BCUT2D eigenvalue weighted by atomic mass is 79.9. The lowest BCUT2D eigenvalue weighted by atomic mass is 10.3. The van der Waals surface area contributed by atoms with Crippen molar-refractivity contribution in [3.8, 4) is 0 Å². The molecule has 0 radical (unpaired) electrons. The average molecular weight is 308 g/mol. The third-order valence-corrected chi connectivity index (χ3v) is 4.61. The smallest absolute Gasteiger partial charge is 0.127 e. The molecule has 0 saturated carbocycles. The third-order valence-electron chi connectivity index (χ3n) is 2.19. The molecule has 0 aliphatic rings. The van der Waals surface area contributed by atoms with Crippen LogP contribution in [0.5, 0.6) is 0 Å². The Morgan fingerprint density at radius 1 is 1.56 bits per heavy atom. The molecule has 0 aliphatic carbocycles. The third kappa shape index (κ3) is 3.15. The Morgan fingerprint density at radius 3 is 2.50 bits per heavy atom. The molecule has 16 heavy (non-hydrogen) atoms. The number of halogens is 1. The summed E-state index contributed by atoms with van der Waals surface area (Å²) in [6.45, 7) is 7.78. The fourth-order valence-electron chi connectivity index (χ4n) is 1.19. The van der Waals surface area contributed by atoms with Crippen LogP contribution in [0.4, 0.5) is 0 Å². The summed E-state index contributed by atoms with van der Waals surface area (Å²) in [5, 5.41) is 0. The van der Waals surface area contributed by atoms with Gasteiger partial charge in [0.2, 0.25) is 0 Å². The molecule has 0 saturated heterocycles. The standard InChI is InChI=1S/C10H18BrN3OS/c1-7(13-16(15)10(2,3)4)9-12-6-8(11)14(9)5/h6-7,13H,1-5H3/t7-,16?/m1/s1. The predicted octanol–water partition coefficient (Wildman–Crippen LogP) is 2.30. The van der Waals surface area contributed by atoms with Crippen molar-refractivity contribution in [3.05, 3.63) is 16.6 Å². The number of aromatic nitrogens is 2. The summed E-state index contributed by atoms with van der Waals surface area (Å²) < 4.78 is 17.6. The Morgan fingerprint density at radius 2 is 2.12 bits per heavy atom. The molecule has 1 unspecified atom stereocenters. The summed E-state index contributed by atoms with van der Waals surface area (Å²) in [5.74, 6) is 0.865. The normalized spacial score (nSPS) is 16.1. The average Bonchev–Trinajstić information content (AvgIpc) is 2.46. The molecule has 1 aromatic rings. The van der Waals surface area contributed by atoms with Crippen LogP contribution >= 0.6 is 15.9 Å². The van der Waals surface area contributed by atoms with Crippen molar-refractivity contribution in [1.82, 2.24) is 14.3 Å². The molecule has 1 heterocycles. The Balaban J connectivity index is 2.77. The monoisotopic (exact) mass is 307 g/mol. The number of rotatable bonds is 3. The van der Waals surface area contributed by atoms with Gasteiger partial charge in [-0.05, 0) is 43.6 Å². The first-order valence-electron chi connectivity index (χ1n) is 5.08. The number of hydrogen-bond acceptors (Lipinski definition) is 2. The minimum Gasteiger partial charge on any atom is -0.325 e. The van der Waals surface area contributed by atoms with Gasteiger partial charge >= 0.3 is 0 Å². The molecule has 4 nitrogen and oxygen atoms in total. The van der Waals surface area contributed by atoms with E-state index in [1.165, 1.54) is 0 Å². The number of nitrogens with zero attached hydrogens (tertiary/aromatic N) is 2. The van der Waals surface area contributed by atoms with Gasteiger partial charge in [-0.25, -0.2) is 13.9 Å². The Kier molecular flexibility index (Phi) is 4.31. The lowest BCUT2D eigenvalue weighted by Crippen LogP contribution is -2.35. The van der Waals surface area contributed by atoms with E-state index in [-0.39, 0.29) is 10.8 Å². The fourth-order valence-corrected chi connectivity index (χ4v) is 2.26. The van der Waals surface area contributed by atoms with Gasteiger partial charge in [0.15, 0.2) is 0 Å². The SMILES string of the molecule is C[C@@H](NS(=O)C(C)(C)C)c1ncc(Br)n1C. The molecule has 0 amide bonds. The van der Waals surface area contributed by atoms with Crippen LogP contribution < -0.4 is 4.72 Å². The van der Waals surface area contributed by atoms with Crippen LogP contribution in [0.1, 0.15) is 39.6 Å². The maximum atomic E-state index is 11.9. The highest BCUT2D eigenvalue weighted by molar-refractivity contribution is 9.10. The Hall–Kier alpha value is -0.200. The van der Waals surface area contributed by atoms with E-state index in [0.717, 1.165) is 10.4 Å². The predicted molar refractivity (Wildman–Crippen MR) is 70.4 cm³/mol. The van der Waals surface area contributed by atoms with Crippen molar-refractivity contribution in [2.24, 2.45) is 7.05 Å². The van der Waals surface area contributed by atoms with E-state index in [0.29, 0.717) is 0 Å². The second kappa shape index (κ2) is 4.98. The van der Waals surface area contributed by atoms with E-state index < -0.39 is 11.0 Å². The molecular formula is C10H18BrN3OS. The van der Waals surface area contributed by atoms with Crippen LogP contribution in [0, 0.1) is 0 Å². The first kappa shape index (κ1) is 13.9. The first-order valence-corrected chi connectivity index (χ1v) is 7.03. The summed E-state index contributed by atoms with van der Waals surface area (Å²) in [4.78, 5) is 4.27. The van der Waals surface area contributed by atoms with Crippen molar-refractivity contribution in [2.45, 2.75) is 38.5 Å². The van der Waals surface area contributed by atoms with Crippen LogP contribution in [0.2, 0.25) is 0 Å². The molecule has 2 atom stereocenters. The van der Waals surface area contributed by atoms with Gasteiger partial charge in [0, 0.05) is 7.05 Å². The number of hydrogen-bond donors (Lipinski definition) is 1. The van der Waals surface area contributed by atoms with E-state index >= 15 is 0 Å². The Labute approximate surface area is 108 Å². The topological polar surface area (TPSA) is 46.9 Å². The van der Waals surface area contributed by atoms with Crippen molar-refractivity contribution in [1.29, 1.82) is 0 Å². The van der Waals surface area contributed by atoms with Gasteiger partial charge in [-0.15, -0.1) is 0 Å². The van der Waals surface area contributed by atoms with Gasteiger partial charge in [0.1, 0.15) is 10.4 Å². The minimum atomic E-state index is -1.09. The molecule has 0 spiro atoms. The van der Waals surface area contributed by atoms with Gasteiger partial charge < -0.3 is 4.57 Å². The van der Waals surface area contributed by atoms with Gasteiger partial charge in [-0.3, -0.25) is 0 Å². The largest absolute Gasteiger partial charge is 0.325 e. The second-order valence-electron chi connectivity index (χ2n) is 4.72. The summed E-state index contributed by atoms with van der Waals surface area (Å²) >= 11 is 3.39. The van der Waals surface area contributed by atoms with Crippen LogP contribution in [0.3, 0.4) is 0 Å².